The number of halogens is 1. The van der Waals surface area contributed by atoms with Gasteiger partial charge in [0.15, 0.2) is 11.6 Å². The van der Waals surface area contributed by atoms with Crippen molar-refractivity contribution >= 4 is 5.69 Å². The number of nitro benzene ring substituents is 1. The highest BCUT2D eigenvalue weighted by Gasteiger charge is 2.10. The van der Waals surface area contributed by atoms with Crippen LogP contribution in [0.4, 0.5) is 10.1 Å². The average molecular weight is 291 g/mol. The predicted octanol–water partition coefficient (Wildman–Crippen LogP) is 3.37. The van der Waals surface area contributed by atoms with Gasteiger partial charge in [0.1, 0.15) is 6.61 Å². The first kappa shape index (κ1) is 14.9. The second-order valence-electron chi connectivity index (χ2n) is 4.58. The summed E-state index contributed by atoms with van der Waals surface area (Å²) in [7, 11) is 0. The number of rotatable bonds is 5. The number of ether oxygens (including phenoxy) is 1. The molecule has 1 N–H and O–H groups in total. The molecule has 0 radical (unpaired) electrons. The molecule has 110 valence electrons. The molecule has 1 atom stereocenters. The number of benzene rings is 2. The van der Waals surface area contributed by atoms with E-state index in [1.54, 1.807) is 25.1 Å². The lowest BCUT2D eigenvalue weighted by Gasteiger charge is -2.10. The molecule has 6 heteroatoms. The lowest BCUT2D eigenvalue weighted by Crippen LogP contribution is -2.00. The molecule has 0 fully saturated rings. The zero-order valence-electron chi connectivity index (χ0n) is 11.3. The van der Waals surface area contributed by atoms with Gasteiger partial charge in [-0.15, -0.1) is 0 Å². The number of aliphatic hydroxyl groups is 1. The third-order valence-corrected chi connectivity index (χ3v) is 2.95. The Bertz CT molecular complexity index is 658. The number of nitro groups is 1. The van der Waals surface area contributed by atoms with Gasteiger partial charge in [0, 0.05) is 12.1 Å². The summed E-state index contributed by atoms with van der Waals surface area (Å²) in [4.78, 5) is 10.2. The fourth-order valence-electron chi connectivity index (χ4n) is 1.81. The first-order chi connectivity index (χ1) is 9.97. The summed E-state index contributed by atoms with van der Waals surface area (Å²) >= 11 is 0. The maximum atomic E-state index is 13.8. The minimum absolute atomic E-state index is 0.0205. The summed E-state index contributed by atoms with van der Waals surface area (Å²) in [5.41, 5.74) is 0.986. The Morgan fingerprint density at radius 1 is 1.33 bits per heavy atom. The van der Waals surface area contributed by atoms with Gasteiger partial charge in [-0.05, 0) is 30.2 Å². The topological polar surface area (TPSA) is 72.6 Å². The van der Waals surface area contributed by atoms with Crippen molar-refractivity contribution in [2.75, 3.05) is 0 Å². The second-order valence-corrected chi connectivity index (χ2v) is 4.58. The maximum Gasteiger partial charge on any atom is 0.269 e. The average Bonchev–Trinajstić information content (AvgIpc) is 2.46. The van der Waals surface area contributed by atoms with Crippen LogP contribution in [0.15, 0.2) is 42.5 Å². The smallest absolute Gasteiger partial charge is 0.269 e. The van der Waals surface area contributed by atoms with Crippen LogP contribution in [0.1, 0.15) is 24.2 Å². The van der Waals surface area contributed by atoms with Crippen molar-refractivity contribution in [3.63, 3.8) is 0 Å². The van der Waals surface area contributed by atoms with Crippen LogP contribution in [0.25, 0.3) is 0 Å². The summed E-state index contributed by atoms with van der Waals surface area (Å²) in [5.74, 6) is -0.551. The van der Waals surface area contributed by atoms with E-state index >= 15 is 0 Å². The van der Waals surface area contributed by atoms with Crippen LogP contribution in [0.3, 0.4) is 0 Å². The number of hydrogen-bond donors (Lipinski definition) is 1. The highest BCUT2D eigenvalue weighted by molar-refractivity contribution is 5.35. The highest BCUT2D eigenvalue weighted by Crippen LogP contribution is 2.23. The molecule has 0 saturated carbocycles. The monoisotopic (exact) mass is 291 g/mol. The molecule has 2 aromatic rings. The Labute approximate surface area is 120 Å². The predicted molar refractivity (Wildman–Crippen MR) is 74.5 cm³/mol. The van der Waals surface area contributed by atoms with Gasteiger partial charge in [0.2, 0.25) is 0 Å². The third-order valence-electron chi connectivity index (χ3n) is 2.95. The number of aliphatic hydroxyl groups excluding tert-OH is 1. The summed E-state index contributed by atoms with van der Waals surface area (Å²) in [6.07, 6.45) is -0.759. The standard InChI is InChI=1S/C15H14FNO4/c1-10(18)12-5-6-15(14(16)8-12)21-9-11-3-2-4-13(7-11)17(19)20/h2-8,10,18H,9H2,1H3/t10-/m0/s1. The summed E-state index contributed by atoms with van der Waals surface area (Å²) in [5, 5.41) is 20.0. The largest absolute Gasteiger partial charge is 0.486 e. The second kappa shape index (κ2) is 6.32. The van der Waals surface area contributed by atoms with Crippen LogP contribution in [-0.2, 0) is 6.61 Å². The Morgan fingerprint density at radius 3 is 2.71 bits per heavy atom. The van der Waals surface area contributed by atoms with Crippen molar-refractivity contribution in [3.8, 4) is 5.75 Å². The van der Waals surface area contributed by atoms with Crippen molar-refractivity contribution < 1.29 is 19.2 Å². The molecule has 0 unspecified atom stereocenters. The lowest BCUT2D eigenvalue weighted by atomic mass is 10.1. The van der Waals surface area contributed by atoms with E-state index in [4.69, 9.17) is 4.74 Å². The van der Waals surface area contributed by atoms with Crippen molar-refractivity contribution in [1.82, 2.24) is 0 Å². The molecule has 0 saturated heterocycles. The Morgan fingerprint density at radius 2 is 2.10 bits per heavy atom. The molecular formula is C15H14FNO4. The van der Waals surface area contributed by atoms with E-state index in [0.29, 0.717) is 11.1 Å². The van der Waals surface area contributed by atoms with Crippen molar-refractivity contribution in [2.45, 2.75) is 19.6 Å². The van der Waals surface area contributed by atoms with Crippen molar-refractivity contribution in [2.24, 2.45) is 0 Å². The molecule has 2 rings (SSSR count). The van der Waals surface area contributed by atoms with Crippen LogP contribution in [0, 0.1) is 15.9 Å². The van der Waals surface area contributed by atoms with Crippen LogP contribution in [-0.4, -0.2) is 10.0 Å². The molecule has 0 heterocycles. The zero-order valence-corrected chi connectivity index (χ0v) is 11.3. The van der Waals surface area contributed by atoms with Gasteiger partial charge in [-0.3, -0.25) is 10.1 Å². The quantitative estimate of drug-likeness (QED) is 0.677. The molecule has 2 aromatic carbocycles. The fraction of sp³-hybridized carbons (Fsp3) is 0.200. The van der Waals surface area contributed by atoms with Gasteiger partial charge >= 0.3 is 0 Å². The van der Waals surface area contributed by atoms with E-state index in [0.717, 1.165) is 0 Å². The molecule has 0 amide bonds. The highest BCUT2D eigenvalue weighted by atomic mass is 19.1. The number of non-ortho nitro benzene ring substituents is 1. The molecule has 0 aliphatic heterocycles. The SMILES string of the molecule is C[C@H](O)c1ccc(OCc2cccc([N+](=O)[O-])c2)c(F)c1. The van der Waals surface area contributed by atoms with E-state index in [-0.39, 0.29) is 18.0 Å². The van der Waals surface area contributed by atoms with Crippen LogP contribution < -0.4 is 4.74 Å². The molecule has 5 nitrogen and oxygen atoms in total. The summed E-state index contributed by atoms with van der Waals surface area (Å²) in [6.45, 7) is 1.56. The van der Waals surface area contributed by atoms with Gasteiger partial charge in [-0.25, -0.2) is 4.39 Å². The van der Waals surface area contributed by atoms with Gasteiger partial charge in [0.05, 0.1) is 11.0 Å². The number of hydrogen-bond acceptors (Lipinski definition) is 4. The van der Waals surface area contributed by atoms with Gasteiger partial charge in [-0.1, -0.05) is 18.2 Å². The fourth-order valence-corrected chi connectivity index (χ4v) is 1.81. The molecule has 0 spiro atoms. The van der Waals surface area contributed by atoms with E-state index < -0.39 is 16.8 Å². The van der Waals surface area contributed by atoms with Gasteiger partial charge in [0.25, 0.3) is 5.69 Å². The molecule has 21 heavy (non-hydrogen) atoms. The zero-order chi connectivity index (χ0) is 15.4. The van der Waals surface area contributed by atoms with Crippen LogP contribution >= 0.6 is 0 Å². The summed E-state index contributed by atoms with van der Waals surface area (Å²) < 4.78 is 19.1. The molecule has 0 aliphatic rings. The molecular weight excluding hydrogens is 277 g/mol. The molecule has 0 bridgehead atoms. The Hall–Kier alpha value is -2.47. The Kier molecular flexibility index (Phi) is 4.49. The number of nitrogens with zero attached hydrogens (tertiary/aromatic N) is 1. The van der Waals surface area contributed by atoms with E-state index in [9.17, 15) is 19.6 Å². The lowest BCUT2D eigenvalue weighted by molar-refractivity contribution is -0.384. The van der Waals surface area contributed by atoms with Gasteiger partial charge in [-0.2, -0.15) is 0 Å². The van der Waals surface area contributed by atoms with Gasteiger partial charge < -0.3 is 9.84 Å². The normalized spacial score (nSPS) is 12.0. The van der Waals surface area contributed by atoms with Crippen molar-refractivity contribution in [3.05, 3.63) is 69.5 Å². The van der Waals surface area contributed by atoms with Crippen LogP contribution in [0.2, 0.25) is 0 Å². The van der Waals surface area contributed by atoms with E-state index in [2.05, 4.69) is 0 Å². The summed E-state index contributed by atoms with van der Waals surface area (Å²) in [6, 6.07) is 10.2. The maximum absolute atomic E-state index is 13.8. The minimum atomic E-state index is -0.759. The molecule has 0 aliphatic carbocycles. The Balaban J connectivity index is 2.09. The van der Waals surface area contributed by atoms with Crippen LogP contribution in [0.5, 0.6) is 5.75 Å². The van der Waals surface area contributed by atoms with Crippen molar-refractivity contribution in [1.29, 1.82) is 0 Å². The third kappa shape index (κ3) is 3.76. The van der Waals surface area contributed by atoms with E-state index in [1.165, 1.54) is 24.3 Å². The minimum Gasteiger partial charge on any atom is -0.486 e. The first-order valence-electron chi connectivity index (χ1n) is 6.31. The van der Waals surface area contributed by atoms with E-state index in [1.807, 2.05) is 0 Å². The first-order valence-corrected chi connectivity index (χ1v) is 6.31. The molecule has 0 aromatic heterocycles.